The van der Waals surface area contributed by atoms with Crippen LogP contribution in [0.15, 0.2) is 24.3 Å². The van der Waals surface area contributed by atoms with Gasteiger partial charge in [0.15, 0.2) is 0 Å². The second kappa shape index (κ2) is 7.58. The number of alkyl halides is 3. The van der Waals surface area contributed by atoms with Crippen molar-refractivity contribution in [3.05, 3.63) is 35.4 Å². The van der Waals surface area contributed by atoms with Crippen LogP contribution >= 0.6 is 0 Å². The Labute approximate surface area is 169 Å². The number of nitrogens with zero attached hydrogens (tertiary/aromatic N) is 2. The lowest BCUT2D eigenvalue weighted by Crippen LogP contribution is -2.52. The van der Waals surface area contributed by atoms with Crippen molar-refractivity contribution in [3.63, 3.8) is 0 Å². The molecule has 29 heavy (non-hydrogen) atoms. The SMILES string of the molecule is CC(c1ccc(C(=O)N(C2CC2)C2CCN(C3(CO)CC3)CC2)cc1)C(F)(F)F. The monoisotopic (exact) mass is 410 g/mol. The minimum absolute atomic E-state index is 0.0234. The van der Waals surface area contributed by atoms with Gasteiger partial charge in [0.1, 0.15) is 0 Å². The molecule has 160 valence electrons. The Morgan fingerprint density at radius 2 is 1.69 bits per heavy atom. The number of carbonyl (C=O) groups is 1. The molecule has 1 atom stereocenters. The lowest BCUT2D eigenvalue weighted by molar-refractivity contribution is -0.146. The van der Waals surface area contributed by atoms with Crippen molar-refractivity contribution >= 4 is 5.91 Å². The fourth-order valence-electron chi connectivity index (χ4n) is 4.57. The summed E-state index contributed by atoms with van der Waals surface area (Å²) in [5.74, 6) is -1.61. The average Bonchev–Trinajstić information content (AvgIpc) is 3.62. The highest BCUT2D eigenvalue weighted by molar-refractivity contribution is 5.95. The van der Waals surface area contributed by atoms with Gasteiger partial charge in [-0.25, -0.2) is 0 Å². The van der Waals surface area contributed by atoms with Gasteiger partial charge in [-0.15, -0.1) is 0 Å². The molecule has 0 bridgehead atoms. The van der Waals surface area contributed by atoms with E-state index in [1.54, 1.807) is 0 Å². The van der Waals surface area contributed by atoms with Gasteiger partial charge >= 0.3 is 6.18 Å². The Morgan fingerprint density at radius 1 is 1.14 bits per heavy atom. The van der Waals surface area contributed by atoms with Crippen LogP contribution in [0.5, 0.6) is 0 Å². The predicted octanol–water partition coefficient (Wildman–Crippen LogP) is 3.95. The first kappa shape index (κ1) is 20.7. The Bertz CT molecular complexity index is 733. The van der Waals surface area contributed by atoms with Crippen LogP contribution in [0.4, 0.5) is 13.2 Å². The van der Waals surface area contributed by atoms with E-state index in [2.05, 4.69) is 4.90 Å². The fraction of sp³-hybridized carbons (Fsp3) is 0.682. The van der Waals surface area contributed by atoms with Gasteiger partial charge in [-0.05, 0) is 63.1 Å². The first-order valence-corrected chi connectivity index (χ1v) is 10.6. The highest BCUT2D eigenvalue weighted by Crippen LogP contribution is 2.43. The zero-order valence-corrected chi connectivity index (χ0v) is 16.8. The molecule has 4 rings (SSSR count). The van der Waals surface area contributed by atoms with Gasteiger partial charge in [-0.3, -0.25) is 9.69 Å². The minimum Gasteiger partial charge on any atom is -0.394 e. The van der Waals surface area contributed by atoms with Gasteiger partial charge in [0.05, 0.1) is 12.5 Å². The molecule has 2 saturated carbocycles. The van der Waals surface area contributed by atoms with Crippen LogP contribution in [0.2, 0.25) is 0 Å². The third-order valence-electron chi connectivity index (χ3n) is 6.97. The lowest BCUT2D eigenvalue weighted by atomic mass is 9.97. The Hall–Kier alpha value is -1.60. The topological polar surface area (TPSA) is 43.8 Å². The summed E-state index contributed by atoms with van der Waals surface area (Å²) in [7, 11) is 0. The van der Waals surface area contributed by atoms with E-state index >= 15 is 0 Å². The molecule has 1 aliphatic heterocycles. The summed E-state index contributed by atoms with van der Waals surface area (Å²) >= 11 is 0. The number of benzene rings is 1. The lowest BCUT2D eigenvalue weighted by Gasteiger charge is -2.41. The number of halogens is 3. The molecule has 1 aromatic rings. The second-order valence-corrected chi connectivity index (χ2v) is 8.93. The number of rotatable bonds is 6. The van der Waals surface area contributed by atoms with Crippen molar-refractivity contribution in [2.24, 2.45) is 0 Å². The van der Waals surface area contributed by atoms with E-state index in [-0.39, 0.29) is 35.7 Å². The second-order valence-electron chi connectivity index (χ2n) is 8.93. The van der Waals surface area contributed by atoms with Gasteiger partial charge in [-0.2, -0.15) is 13.2 Å². The average molecular weight is 410 g/mol. The van der Waals surface area contributed by atoms with Gasteiger partial charge < -0.3 is 10.0 Å². The summed E-state index contributed by atoms with van der Waals surface area (Å²) in [6.07, 6.45) is 1.56. The van der Waals surface area contributed by atoms with Crippen molar-refractivity contribution in [3.8, 4) is 0 Å². The largest absolute Gasteiger partial charge is 0.395 e. The number of aliphatic hydroxyl groups is 1. The molecule has 1 aromatic carbocycles. The summed E-state index contributed by atoms with van der Waals surface area (Å²) < 4.78 is 38.8. The summed E-state index contributed by atoms with van der Waals surface area (Å²) in [6, 6.07) is 6.34. The molecule has 7 heteroatoms. The highest BCUT2D eigenvalue weighted by atomic mass is 19.4. The molecule has 1 N–H and O–H groups in total. The standard InChI is InChI=1S/C22H29F3N2O2/c1-15(22(23,24)25)16-2-4-17(5-3-16)20(29)27(18-6-7-18)19-8-12-26(13-9-19)21(14-28)10-11-21/h2-5,15,18-19,28H,6-14H2,1H3. The molecule has 3 aliphatic rings. The number of amides is 1. The first-order chi connectivity index (χ1) is 13.7. The zero-order chi connectivity index (χ0) is 20.8. The number of likely N-dealkylation sites (tertiary alicyclic amines) is 1. The van der Waals surface area contributed by atoms with Crippen LogP contribution in [0, 0.1) is 0 Å². The normalized spacial score (nSPS) is 23.6. The Balaban J connectivity index is 1.43. The molecule has 1 heterocycles. The Kier molecular flexibility index (Phi) is 5.40. The summed E-state index contributed by atoms with van der Waals surface area (Å²) in [5.41, 5.74) is 0.621. The summed E-state index contributed by atoms with van der Waals surface area (Å²) in [6.45, 7) is 3.10. The quantitative estimate of drug-likeness (QED) is 0.773. The fourth-order valence-corrected chi connectivity index (χ4v) is 4.57. The summed E-state index contributed by atoms with van der Waals surface area (Å²) in [5, 5.41) is 9.65. The maximum atomic E-state index is 13.2. The summed E-state index contributed by atoms with van der Waals surface area (Å²) in [4.78, 5) is 17.6. The maximum Gasteiger partial charge on any atom is 0.395 e. The first-order valence-electron chi connectivity index (χ1n) is 10.6. The van der Waals surface area contributed by atoms with Crippen LogP contribution in [-0.2, 0) is 0 Å². The molecule has 3 fully saturated rings. The molecule has 1 saturated heterocycles. The van der Waals surface area contributed by atoms with Crippen LogP contribution in [-0.4, -0.2) is 64.3 Å². The van der Waals surface area contributed by atoms with E-state index < -0.39 is 12.1 Å². The van der Waals surface area contributed by atoms with Gasteiger partial charge in [-0.1, -0.05) is 12.1 Å². The smallest absolute Gasteiger partial charge is 0.394 e. The van der Waals surface area contributed by atoms with Crippen molar-refractivity contribution in [1.82, 2.24) is 9.80 Å². The van der Waals surface area contributed by atoms with Gasteiger partial charge in [0, 0.05) is 36.3 Å². The molecule has 4 nitrogen and oxygen atoms in total. The van der Waals surface area contributed by atoms with Crippen LogP contribution in [0.3, 0.4) is 0 Å². The number of hydrogen-bond donors (Lipinski definition) is 1. The van der Waals surface area contributed by atoms with Crippen molar-refractivity contribution < 1.29 is 23.1 Å². The van der Waals surface area contributed by atoms with E-state index in [9.17, 15) is 23.1 Å². The van der Waals surface area contributed by atoms with Crippen LogP contribution in [0.1, 0.15) is 67.3 Å². The zero-order valence-electron chi connectivity index (χ0n) is 16.8. The van der Waals surface area contributed by atoms with Crippen molar-refractivity contribution in [2.45, 2.75) is 75.2 Å². The van der Waals surface area contributed by atoms with E-state index in [0.29, 0.717) is 5.56 Å². The van der Waals surface area contributed by atoms with E-state index in [0.717, 1.165) is 58.5 Å². The molecule has 0 radical (unpaired) electrons. The highest BCUT2D eigenvalue weighted by Gasteiger charge is 2.49. The molecule has 0 spiro atoms. The number of piperidine rings is 1. The maximum absolute atomic E-state index is 13.2. The van der Waals surface area contributed by atoms with Crippen molar-refractivity contribution in [2.75, 3.05) is 19.7 Å². The van der Waals surface area contributed by atoms with E-state index in [1.807, 2.05) is 4.90 Å². The molecule has 1 amide bonds. The number of aliphatic hydroxyl groups excluding tert-OH is 1. The predicted molar refractivity (Wildman–Crippen MR) is 104 cm³/mol. The third-order valence-corrected chi connectivity index (χ3v) is 6.97. The van der Waals surface area contributed by atoms with Gasteiger partial charge in [0.2, 0.25) is 0 Å². The third kappa shape index (κ3) is 4.17. The number of carbonyl (C=O) groups excluding carboxylic acids is 1. The molecular formula is C22H29F3N2O2. The van der Waals surface area contributed by atoms with Crippen LogP contribution in [0.25, 0.3) is 0 Å². The minimum atomic E-state index is -4.28. The van der Waals surface area contributed by atoms with E-state index in [4.69, 9.17) is 0 Å². The molecular weight excluding hydrogens is 381 g/mol. The van der Waals surface area contributed by atoms with Crippen LogP contribution < -0.4 is 0 Å². The molecule has 0 aromatic heterocycles. The molecule has 1 unspecified atom stereocenters. The Morgan fingerprint density at radius 3 is 2.14 bits per heavy atom. The number of hydrogen-bond acceptors (Lipinski definition) is 3. The van der Waals surface area contributed by atoms with Crippen molar-refractivity contribution in [1.29, 1.82) is 0 Å². The molecule has 2 aliphatic carbocycles. The van der Waals surface area contributed by atoms with Gasteiger partial charge in [0.25, 0.3) is 5.91 Å². The van der Waals surface area contributed by atoms with E-state index in [1.165, 1.54) is 24.3 Å².